The largest absolute Gasteiger partial charge is 0.466 e. The van der Waals surface area contributed by atoms with Gasteiger partial charge in [-0.2, -0.15) is 4.89 Å². The van der Waals surface area contributed by atoms with Gasteiger partial charge in [-0.05, 0) is 52.6 Å². The second-order valence-corrected chi connectivity index (χ2v) is 8.74. The summed E-state index contributed by atoms with van der Waals surface area (Å²) in [5.41, 5.74) is 5.39. The molecule has 8 heteroatoms. The van der Waals surface area contributed by atoms with Crippen LogP contribution in [0.25, 0.3) is 5.57 Å². The molecule has 0 radical (unpaired) electrons. The van der Waals surface area contributed by atoms with Crippen LogP contribution in [0.1, 0.15) is 50.2 Å². The number of unbranched alkanes of at least 4 members (excludes halogenated alkanes) is 1. The molecule has 0 amide bonds. The number of piperidine rings is 1. The molecule has 2 heterocycles. The van der Waals surface area contributed by atoms with Gasteiger partial charge in [0, 0.05) is 31.6 Å². The van der Waals surface area contributed by atoms with E-state index in [1.807, 2.05) is 12.1 Å². The van der Waals surface area contributed by atoms with Gasteiger partial charge in [0.05, 0.1) is 13.0 Å². The second kappa shape index (κ2) is 15.8. The number of terminal acetylenes is 1. The molecule has 2 aliphatic heterocycles. The maximum absolute atomic E-state index is 11.9. The number of fused-ring (bicyclic) bond motifs is 2. The van der Waals surface area contributed by atoms with Gasteiger partial charge in [0.25, 0.3) is 0 Å². The van der Waals surface area contributed by atoms with E-state index in [0.29, 0.717) is 13.0 Å². The lowest BCUT2D eigenvalue weighted by molar-refractivity contribution is -0.620. The Bertz CT molecular complexity index is 1070. The average Bonchev–Trinajstić information content (AvgIpc) is 3.10. The van der Waals surface area contributed by atoms with Gasteiger partial charge in [0.2, 0.25) is 0 Å². The van der Waals surface area contributed by atoms with Crippen LogP contribution in [0.4, 0.5) is 0 Å². The number of ether oxygens (including phenoxy) is 2. The van der Waals surface area contributed by atoms with Gasteiger partial charge in [-0.3, -0.25) is 4.79 Å². The third kappa shape index (κ3) is 9.01. The van der Waals surface area contributed by atoms with Crippen molar-refractivity contribution in [1.82, 2.24) is 4.90 Å². The van der Waals surface area contributed by atoms with Gasteiger partial charge in [-0.25, -0.2) is 5.26 Å². The molecule has 1 fully saturated rings. The van der Waals surface area contributed by atoms with Crippen LogP contribution in [0, 0.1) is 12.3 Å². The highest BCUT2D eigenvalue weighted by Gasteiger charge is 2.23. The molecule has 198 valence electrons. The number of hydrogen-bond donors (Lipinski definition) is 1. The van der Waals surface area contributed by atoms with E-state index in [2.05, 4.69) is 75.5 Å². The molecular weight excluding hydrogens is 474 g/mol. The Hall–Kier alpha value is -3.19. The smallest absolute Gasteiger partial charge is 0.307 e. The minimum Gasteiger partial charge on any atom is -0.466 e. The van der Waals surface area contributed by atoms with E-state index in [0.717, 1.165) is 63.2 Å². The van der Waals surface area contributed by atoms with Crippen LogP contribution in [0.15, 0.2) is 54.1 Å². The zero-order chi connectivity index (χ0) is 26.3. The summed E-state index contributed by atoms with van der Waals surface area (Å²) in [6.45, 7) is 5.37. The topological polar surface area (TPSA) is 86.7 Å². The monoisotopic (exact) mass is 509 g/mol. The summed E-state index contributed by atoms with van der Waals surface area (Å²) in [5.74, 6) is 3.90. The molecule has 0 unspecified atom stereocenters. The number of likely N-dealkylation sites (tertiary alicyclic amines) is 1. The Morgan fingerprint density at radius 1 is 1.11 bits per heavy atom. The molecule has 2 aromatic carbocycles. The van der Waals surface area contributed by atoms with E-state index in [4.69, 9.17) is 14.7 Å². The number of allylic oxidation sites excluding steroid dienone is 1. The molecule has 0 atom stereocenters. The first-order valence-electron chi connectivity index (χ1n) is 12.6. The standard InChI is InChI=1S/C26H31NO3.C3H4O4/c1-2-3-18-29-26(28)14-17-27-15-12-20(13-16-27)23-19-21-8-4-6-10-24(21)30-25-11-7-5-9-22(23)25;1-2-3-5-7-6-4/h4-11H,2-3,12-19H2,1H3;1,4H,3H2. The fourth-order valence-electron chi connectivity index (χ4n) is 4.35. The first kappa shape index (κ1) is 28.4. The van der Waals surface area contributed by atoms with Crippen molar-refractivity contribution in [2.45, 2.75) is 45.4 Å². The fraction of sp³-hybridized carbons (Fsp3) is 0.414. The van der Waals surface area contributed by atoms with E-state index in [9.17, 15) is 4.79 Å². The van der Waals surface area contributed by atoms with Gasteiger partial charge in [0.15, 0.2) is 0 Å². The van der Waals surface area contributed by atoms with E-state index in [1.165, 1.54) is 22.3 Å². The minimum atomic E-state index is -0.0703. The molecule has 0 aliphatic carbocycles. The van der Waals surface area contributed by atoms with Crippen LogP contribution >= 0.6 is 0 Å². The van der Waals surface area contributed by atoms with Gasteiger partial charge >= 0.3 is 5.97 Å². The highest BCUT2D eigenvalue weighted by Crippen LogP contribution is 2.41. The van der Waals surface area contributed by atoms with Gasteiger partial charge < -0.3 is 14.4 Å². The first-order valence-corrected chi connectivity index (χ1v) is 12.6. The van der Waals surface area contributed by atoms with Gasteiger partial charge in [-0.15, -0.1) is 6.42 Å². The lowest BCUT2D eigenvalue weighted by Crippen LogP contribution is -2.33. The van der Waals surface area contributed by atoms with Crippen molar-refractivity contribution in [2.75, 3.05) is 32.8 Å². The zero-order valence-corrected chi connectivity index (χ0v) is 21.3. The summed E-state index contributed by atoms with van der Waals surface area (Å²) in [5, 5.41) is 13.9. The number of esters is 1. The van der Waals surface area contributed by atoms with Crippen molar-refractivity contribution >= 4 is 11.5 Å². The number of benzene rings is 2. The van der Waals surface area contributed by atoms with Crippen LogP contribution < -0.4 is 4.74 Å². The van der Waals surface area contributed by atoms with Crippen LogP contribution in [0.3, 0.4) is 0 Å². The molecule has 0 saturated carbocycles. The van der Waals surface area contributed by atoms with Crippen LogP contribution in [0.5, 0.6) is 11.5 Å². The van der Waals surface area contributed by atoms with Crippen LogP contribution in [-0.2, 0) is 30.9 Å². The summed E-state index contributed by atoms with van der Waals surface area (Å²) < 4.78 is 11.5. The summed E-state index contributed by atoms with van der Waals surface area (Å²) in [6, 6.07) is 16.7. The quantitative estimate of drug-likeness (QED) is 0.154. The fourth-order valence-corrected chi connectivity index (χ4v) is 4.35. The molecule has 2 aliphatic rings. The zero-order valence-electron chi connectivity index (χ0n) is 21.3. The molecule has 0 spiro atoms. The maximum Gasteiger partial charge on any atom is 0.307 e. The predicted octanol–water partition coefficient (Wildman–Crippen LogP) is 5.59. The van der Waals surface area contributed by atoms with E-state index < -0.39 is 0 Å². The lowest BCUT2D eigenvalue weighted by atomic mass is 9.89. The Labute approximate surface area is 218 Å². The summed E-state index contributed by atoms with van der Waals surface area (Å²) in [4.78, 5) is 18.2. The summed E-state index contributed by atoms with van der Waals surface area (Å²) in [6.07, 6.45) is 10.1. The number of hydrogen-bond acceptors (Lipinski definition) is 8. The third-order valence-electron chi connectivity index (χ3n) is 6.27. The Balaban J connectivity index is 0.000000479. The van der Waals surface area contributed by atoms with E-state index >= 15 is 0 Å². The van der Waals surface area contributed by atoms with Crippen LogP contribution in [0.2, 0.25) is 0 Å². The molecular formula is C29H35NO7. The van der Waals surface area contributed by atoms with Crippen LogP contribution in [-0.4, -0.2) is 49.0 Å². The molecule has 8 nitrogen and oxygen atoms in total. The number of rotatable bonds is 9. The number of nitrogens with zero attached hydrogens (tertiary/aromatic N) is 1. The Morgan fingerprint density at radius 3 is 2.57 bits per heavy atom. The number of carbonyl (C=O) groups excluding carboxylic acids is 1. The van der Waals surface area contributed by atoms with Gasteiger partial charge in [0.1, 0.15) is 18.1 Å². The van der Waals surface area contributed by atoms with E-state index in [1.54, 1.807) is 0 Å². The highest BCUT2D eigenvalue weighted by atomic mass is 17.6. The van der Waals surface area contributed by atoms with Crippen molar-refractivity contribution in [2.24, 2.45) is 0 Å². The lowest BCUT2D eigenvalue weighted by Gasteiger charge is -2.29. The number of carbonyl (C=O) groups is 1. The SMILES string of the molecule is C#CCOOOO.CCCCOC(=O)CCN1CCC(=C2Cc3ccccc3Oc3ccccc32)CC1. The maximum atomic E-state index is 11.9. The van der Waals surface area contributed by atoms with Crippen molar-refractivity contribution < 1.29 is 34.5 Å². The summed E-state index contributed by atoms with van der Waals surface area (Å²) in [7, 11) is 0. The normalized spacial score (nSPS) is 14.7. The molecule has 1 N–H and O–H groups in total. The summed E-state index contributed by atoms with van der Waals surface area (Å²) >= 11 is 0. The van der Waals surface area contributed by atoms with Crippen molar-refractivity contribution in [3.63, 3.8) is 0 Å². The van der Waals surface area contributed by atoms with Crippen molar-refractivity contribution in [3.8, 4) is 23.8 Å². The molecule has 0 bridgehead atoms. The second-order valence-electron chi connectivity index (χ2n) is 8.74. The molecule has 0 aromatic heterocycles. The molecule has 1 saturated heterocycles. The first-order chi connectivity index (χ1) is 18.2. The molecule has 2 aromatic rings. The predicted molar refractivity (Wildman–Crippen MR) is 139 cm³/mol. The Morgan fingerprint density at radius 2 is 1.84 bits per heavy atom. The van der Waals surface area contributed by atoms with Crippen molar-refractivity contribution in [3.05, 3.63) is 65.2 Å². The average molecular weight is 510 g/mol. The highest BCUT2D eigenvalue weighted by molar-refractivity contribution is 5.77. The van der Waals surface area contributed by atoms with E-state index in [-0.39, 0.29) is 12.6 Å². The molecule has 37 heavy (non-hydrogen) atoms. The van der Waals surface area contributed by atoms with Crippen molar-refractivity contribution in [1.29, 1.82) is 0 Å². The Kier molecular flexibility index (Phi) is 12.1. The third-order valence-corrected chi connectivity index (χ3v) is 6.27. The minimum absolute atomic E-state index is 0.0550. The molecule has 4 rings (SSSR count). The number of para-hydroxylation sites is 2. The van der Waals surface area contributed by atoms with Gasteiger partial charge in [-0.1, -0.05) is 61.2 Å².